The maximum Gasteiger partial charge on any atom is 0.311 e. The number of ether oxygens (including phenoxy) is 1. The summed E-state index contributed by atoms with van der Waals surface area (Å²) in [5.74, 6) is -2.32. The Morgan fingerprint density at radius 1 is 1.47 bits per heavy atom. The molecule has 0 aliphatic heterocycles. The average Bonchev–Trinajstić information content (AvgIpc) is 2.63. The number of esters is 1. The zero-order valence-corrected chi connectivity index (χ0v) is 10.9. The Balaban J connectivity index is 2.69. The number of carbonyl (C=O) groups is 2. The van der Waals surface area contributed by atoms with Gasteiger partial charge in [-0.1, -0.05) is 0 Å². The molecule has 0 spiro atoms. The first-order chi connectivity index (χ1) is 7.79. The van der Waals surface area contributed by atoms with Gasteiger partial charge in [-0.15, -0.1) is 0 Å². The Bertz CT molecular complexity index is 389. The van der Waals surface area contributed by atoms with Gasteiger partial charge in [0.05, 0.1) is 12.3 Å². The number of carboxylic acids is 1. The molecule has 1 unspecified atom stereocenters. The Labute approximate surface area is 104 Å². The van der Waals surface area contributed by atoms with Crippen LogP contribution in [-0.2, 0) is 14.3 Å². The van der Waals surface area contributed by atoms with E-state index in [4.69, 9.17) is 9.84 Å². The molecule has 4 nitrogen and oxygen atoms in total. The summed E-state index contributed by atoms with van der Waals surface area (Å²) in [4.78, 5) is 22.7. The molecule has 1 N–H and O–H groups in total. The fourth-order valence-electron chi connectivity index (χ4n) is 1.37. The lowest BCUT2D eigenvalue weighted by Gasteiger charge is -2.20. The fourth-order valence-corrected chi connectivity index (χ4v) is 2.09. The second-order valence-electron chi connectivity index (χ2n) is 4.74. The first-order valence-corrected chi connectivity index (χ1v) is 6.20. The van der Waals surface area contributed by atoms with Gasteiger partial charge in [-0.05, 0) is 43.2 Å². The zero-order valence-electron chi connectivity index (χ0n) is 10.1. The van der Waals surface area contributed by atoms with Crippen molar-refractivity contribution in [3.63, 3.8) is 0 Å². The highest BCUT2D eigenvalue weighted by molar-refractivity contribution is 7.08. The number of thiophene rings is 1. The third kappa shape index (κ3) is 4.56. The van der Waals surface area contributed by atoms with Crippen molar-refractivity contribution in [2.75, 3.05) is 0 Å². The van der Waals surface area contributed by atoms with E-state index in [9.17, 15) is 9.59 Å². The molecule has 17 heavy (non-hydrogen) atoms. The molecule has 1 atom stereocenters. The highest BCUT2D eigenvalue weighted by Gasteiger charge is 2.26. The van der Waals surface area contributed by atoms with E-state index in [0.717, 1.165) is 0 Å². The maximum absolute atomic E-state index is 11.6. The SMILES string of the molecule is CC(C)(C)OC(=O)CC(C(=O)O)c1ccsc1. The van der Waals surface area contributed by atoms with E-state index in [1.807, 2.05) is 0 Å². The Morgan fingerprint density at radius 2 is 2.12 bits per heavy atom. The van der Waals surface area contributed by atoms with Crippen LogP contribution in [0.4, 0.5) is 0 Å². The van der Waals surface area contributed by atoms with Crippen LogP contribution in [0.5, 0.6) is 0 Å². The van der Waals surface area contributed by atoms with Crippen molar-refractivity contribution in [3.8, 4) is 0 Å². The van der Waals surface area contributed by atoms with Crippen LogP contribution in [0.3, 0.4) is 0 Å². The molecule has 1 heterocycles. The molecule has 0 bridgehead atoms. The molecule has 0 amide bonds. The van der Waals surface area contributed by atoms with Gasteiger partial charge >= 0.3 is 11.9 Å². The van der Waals surface area contributed by atoms with Crippen molar-refractivity contribution in [3.05, 3.63) is 22.4 Å². The highest BCUT2D eigenvalue weighted by Crippen LogP contribution is 2.24. The topological polar surface area (TPSA) is 63.6 Å². The predicted octanol–water partition coefficient (Wildman–Crippen LogP) is 2.65. The summed E-state index contributed by atoms with van der Waals surface area (Å²) in [5, 5.41) is 12.6. The van der Waals surface area contributed by atoms with Gasteiger partial charge in [0.2, 0.25) is 0 Å². The van der Waals surface area contributed by atoms with Crippen LogP contribution >= 0.6 is 11.3 Å². The summed E-state index contributed by atoms with van der Waals surface area (Å²) in [7, 11) is 0. The number of aliphatic carboxylic acids is 1. The Kier molecular flexibility index (Phi) is 4.28. The largest absolute Gasteiger partial charge is 0.481 e. The fraction of sp³-hybridized carbons (Fsp3) is 0.500. The van der Waals surface area contributed by atoms with Gasteiger partial charge < -0.3 is 9.84 Å². The summed E-state index contributed by atoms with van der Waals surface area (Å²) >= 11 is 1.41. The minimum absolute atomic E-state index is 0.136. The standard InChI is InChI=1S/C12H16O4S/c1-12(2,3)16-10(13)6-9(11(14)15)8-4-5-17-7-8/h4-5,7,9H,6H2,1-3H3,(H,14,15). The Hall–Kier alpha value is -1.36. The quantitative estimate of drug-likeness (QED) is 0.841. The minimum Gasteiger partial charge on any atom is -0.481 e. The van der Waals surface area contributed by atoms with Gasteiger partial charge in [-0.3, -0.25) is 9.59 Å². The number of carboxylic acid groups (broad SMARTS) is 1. The second-order valence-corrected chi connectivity index (χ2v) is 5.52. The van der Waals surface area contributed by atoms with Crippen LogP contribution in [-0.4, -0.2) is 22.6 Å². The summed E-state index contributed by atoms with van der Waals surface area (Å²) in [5.41, 5.74) is 0.0581. The average molecular weight is 256 g/mol. The lowest BCUT2D eigenvalue weighted by atomic mass is 9.99. The van der Waals surface area contributed by atoms with Crippen molar-refractivity contribution in [1.29, 1.82) is 0 Å². The molecule has 0 aliphatic carbocycles. The maximum atomic E-state index is 11.6. The minimum atomic E-state index is -1.01. The monoisotopic (exact) mass is 256 g/mol. The van der Waals surface area contributed by atoms with Crippen LogP contribution in [0.25, 0.3) is 0 Å². The summed E-state index contributed by atoms with van der Waals surface area (Å²) < 4.78 is 5.12. The van der Waals surface area contributed by atoms with Crippen LogP contribution in [0.2, 0.25) is 0 Å². The van der Waals surface area contributed by atoms with Crippen LogP contribution in [0.15, 0.2) is 16.8 Å². The molecular weight excluding hydrogens is 240 g/mol. The zero-order chi connectivity index (χ0) is 13.1. The normalized spacial score (nSPS) is 13.1. The van der Waals surface area contributed by atoms with E-state index in [0.29, 0.717) is 5.56 Å². The third-order valence-electron chi connectivity index (χ3n) is 2.03. The molecule has 0 radical (unpaired) electrons. The number of rotatable bonds is 4. The molecule has 5 heteroatoms. The van der Waals surface area contributed by atoms with Gasteiger partial charge in [0.15, 0.2) is 0 Å². The molecule has 1 aromatic rings. The molecule has 1 rings (SSSR count). The second kappa shape index (κ2) is 5.31. The summed E-state index contributed by atoms with van der Waals surface area (Å²) in [6.45, 7) is 5.27. The number of carbonyl (C=O) groups excluding carboxylic acids is 1. The molecule has 0 aliphatic rings. The van der Waals surface area contributed by atoms with Crippen molar-refractivity contribution < 1.29 is 19.4 Å². The lowest BCUT2D eigenvalue weighted by molar-refractivity contribution is -0.158. The molecular formula is C12H16O4S. The van der Waals surface area contributed by atoms with Crippen LogP contribution < -0.4 is 0 Å². The molecule has 94 valence electrons. The smallest absolute Gasteiger partial charge is 0.311 e. The molecule has 0 aromatic carbocycles. The first-order valence-electron chi connectivity index (χ1n) is 5.26. The van der Waals surface area contributed by atoms with Crippen molar-refractivity contribution in [2.24, 2.45) is 0 Å². The van der Waals surface area contributed by atoms with E-state index in [1.165, 1.54) is 11.3 Å². The van der Waals surface area contributed by atoms with Crippen molar-refractivity contribution in [2.45, 2.75) is 38.7 Å². The highest BCUT2D eigenvalue weighted by atomic mass is 32.1. The summed E-state index contributed by atoms with van der Waals surface area (Å²) in [6, 6.07) is 1.72. The van der Waals surface area contributed by atoms with Crippen molar-refractivity contribution in [1.82, 2.24) is 0 Å². The van der Waals surface area contributed by atoms with Crippen LogP contribution in [0.1, 0.15) is 38.7 Å². The van der Waals surface area contributed by atoms with E-state index in [2.05, 4.69) is 0 Å². The van der Waals surface area contributed by atoms with E-state index >= 15 is 0 Å². The molecule has 0 saturated carbocycles. The molecule has 0 saturated heterocycles. The van der Waals surface area contributed by atoms with Gasteiger partial charge in [0, 0.05) is 0 Å². The number of hydrogen-bond donors (Lipinski definition) is 1. The molecule has 1 aromatic heterocycles. The van der Waals surface area contributed by atoms with Crippen LogP contribution in [0, 0.1) is 0 Å². The van der Waals surface area contributed by atoms with E-state index < -0.39 is 23.5 Å². The van der Waals surface area contributed by atoms with Crippen molar-refractivity contribution >= 4 is 23.3 Å². The lowest BCUT2D eigenvalue weighted by Crippen LogP contribution is -2.26. The van der Waals surface area contributed by atoms with Gasteiger partial charge in [-0.2, -0.15) is 11.3 Å². The van der Waals surface area contributed by atoms with E-state index in [-0.39, 0.29) is 6.42 Å². The van der Waals surface area contributed by atoms with Gasteiger partial charge in [0.1, 0.15) is 5.60 Å². The first kappa shape index (κ1) is 13.7. The number of hydrogen-bond acceptors (Lipinski definition) is 4. The van der Waals surface area contributed by atoms with Gasteiger partial charge in [0.25, 0.3) is 0 Å². The third-order valence-corrected chi connectivity index (χ3v) is 2.74. The summed E-state index contributed by atoms with van der Waals surface area (Å²) in [6.07, 6.45) is -0.136. The van der Waals surface area contributed by atoms with E-state index in [1.54, 1.807) is 37.6 Å². The molecule has 0 fully saturated rings. The van der Waals surface area contributed by atoms with Gasteiger partial charge in [-0.25, -0.2) is 0 Å². The predicted molar refractivity (Wildman–Crippen MR) is 65.2 cm³/mol. The Morgan fingerprint density at radius 3 is 2.53 bits per heavy atom.